The number of rotatable bonds is 11. The maximum Gasteiger partial charge on any atom is 0.313 e. The molecule has 36 heavy (non-hydrogen) atoms. The Balaban J connectivity index is 1.41. The molecule has 0 unspecified atom stereocenters. The number of nitrogens with one attached hydrogen (secondary N) is 1. The van der Waals surface area contributed by atoms with Crippen LogP contribution in [0.3, 0.4) is 0 Å². The lowest BCUT2D eigenvalue weighted by molar-refractivity contribution is -0.134. The molecule has 3 fully saturated rings. The molecule has 1 heterocycles. The summed E-state index contributed by atoms with van der Waals surface area (Å²) in [4.78, 5) is 40.9. The molecule has 3 aliphatic rings. The number of thioether (sulfide) groups is 1. The summed E-state index contributed by atoms with van der Waals surface area (Å²) in [5.41, 5.74) is 1.59. The van der Waals surface area contributed by atoms with Crippen molar-refractivity contribution in [1.82, 2.24) is 4.98 Å². The molecule has 2 N–H and O–H groups in total. The lowest BCUT2D eigenvalue weighted by atomic mass is 9.86. The first kappa shape index (κ1) is 25.4. The molecule has 0 bridgehead atoms. The largest absolute Gasteiger partial charge is 0.481 e. The van der Waals surface area contributed by atoms with Crippen LogP contribution in [0.5, 0.6) is 0 Å². The minimum absolute atomic E-state index is 0.0893. The quantitative estimate of drug-likeness (QED) is 0.389. The van der Waals surface area contributed by atoms with E-state index in [0.717, 1.165) is 42.2 Å². The highest BCUT2D eigenvalue weighted by atomic mass is 32.2. The van der Waals surface area contributed by atoms with Crippen molar-refractivity contribution >= 4 is 55.7 Å². The third-order valence-corrected chi connectivity index (χ3v) is 11.4. The van der Waals surface area contributed by atoms with Crippen LogP contribution in [0.4, 0.5) is 5.13 Å². The molecule has 192 valence electrons. The van der Waals surface area contributed by atoms with Crippen molar-refractivity contribution < 1.29 is 27.9 Å². The van der Waals surface area contributed by atoms with Gasteiger partial charge >= 0.3 is 5.97 Å². The van der Waals surface area contributed by atoms with Gasteiger partial charge in [-0.25, -0.2) is 13.4 Å². The van der Waals surface area contributed by atoms with Gasteiger partial charge in [0.2, 0.25) is 5.91 Å². The molecule has 1 aromatic heterocycles. The van der Waals surface area contributed by atoms with Crippen LogP contribution in [0.1, 0.15) is 74.3 Å². The second kappa shape index (κ2) is 10.3. The maximum absolute atomic E-state index is 13.5. The molecule has 1 amide bonds. The van der Waals surface area contributed by atoms with Crippen LogP contribution < -0.4 is 5.32 Å². The van der Waals surface area contributed by atoms with Gasteiger partial charge in [-0.1, -0.05) is 23.5 Å². The second-order valence-electron chi connectivity index (χ2n) is 9.91. The van der Waals surface area contributed by atoms with E-state index in [1.54, 1.807) is 18.3 Å². The van der Waals surface area contributed by atoms with Gasteiger partial charge < -0.3 is 10.4 Å². The van der Waals surface area contributed by atoms with E-state index < -0.39 is 21.7 Å². The number of thiazole rings is 1. The van der Waals surface area contributed by atoms with E-state index in [1.807, 2.05) is 6.07 Å². The monoisotopic (exact) mass is 548 g/mol. The number of sulfone groups is 1. The third kappa shape index (κ3) is 5.84. The number of ketones is 1. The lowest BCUT2D eigenvalue weighted by Crippen LogP contribution is -2.23. The molecule has 5 rings (SSSR count). The Morgan fingerprint density at radius 2 is 1.97 bits per heavy atom. The van der Waals surface area contributed by atoms with Crippen molar-refractivity contribution in [3.05, 3.63) is 35.5 Å². The van der Waals surface area contributed by atoms with E-state index in [9.17, 15) is 22.8 Å². The summed E-state index contributed by atoms with van der Waals surface area (Å²) in [6.07, 6.45) is 7.08. The molecular formula is C25H28N2O6S3. The van der Waals surface area contributed by atoms with Gasteiger partial charge in [0, 0.05) is 12.8 Å². The second-order valence-corrected chi connectivity index (χ2v) is 14.4. The smallest absolute Gasteiger partial charge is 0.313 e. The summed E-state index contributed by atoms with van der Waals surface area (Å²) in [5.74, 6) is -1.29. The highest BCUT2D eigenvalue weighted by Crippen LogP contribution is 2.47. The molecule has 2 atom stereocenters. The summed E-state index contributed by atoms with van der Waals surface area (Å²) in [5, 5.41) is 11.9. The molecule has 11 heteroatoms. The van der Waals surface area contributed by atoms with Gasteiger partial charge in [-0.3, -0.25) is 14.4 Å². The van der Waals surface area contributed by atoms with Gasteiger partial charge in [0.15, 0.2) is 15.0 Å². The molecule has 3 aliphatic carbocycles. The molecule has 0 spiro atoms. The standard InChI is InChI=1S/C25H28N2O6S3/c28-17-5-1-14(9-17)10-20(24(31)27-25-26-12-23(35-25)34-13-22(29)30)16-4-8-21(19(11-16)15-2-3-15)36(32,33)18-6-7-18/h4,8,11-12,14-15,18,20H,1-3,5-7,9-10,13H2,(H,29,30)(H,26,27,31)/t14-,20+/m0/s1. The van der Waals surface area contributed by atoms with Crippen LogP contribution in [0.2, 0.25) is 0 Å². The highest BCUT2D eigenvalue weighted by Gasteiger charge is 2.41. The van der Waals surface area contributed by atoms with Gasteiger partial charge in [0.1, 0.15) is 5.78 Å². The number of anilines is 1. The van der Waals surface area contributed by atoms with Gasteiger partial charge in [-0.05, 0) is 67.6 Å². The molecule has 0 aliphatic heterocycles. The summed E-state index contributed by atoms with van der Waals surface area (Å²) in [6, 6.07) is 5.35. The van der Waals surface area contributed by atoms with Crippen molar-refractivity contribution in [3.8, 4) is 0 Å². The average Bonchev–Trinajstić information content (AvgIpc) is 3.77. The highest BCUT2D eigenvalue weighted by molar-refractivity contribution is 8.01. The first-order valence-corrected chi connectivity index (χ1v) is 15.6. The van der Waals surface area contributed by atoms with Crippen molar-refractivity contribution in [2.45, 2.75) is 77.6 Å². The van der Waals surface area contributed by atoms with Gasteiger partial charge in [0.05, 0.1) is 32.2 Å². The Bertz CT molecular complexity index is 1300. The number of amides is 1. The Morgan fingerprint density at radius 1 is 1.19 bits per heavy atom. The number of carbonyl (C=O) groups is 3. The predicted molar refractivity (Wildman–Crippen MR) is 137 cm³/mol. The van der Waals surface area contributed by atoms with Crippen molar-refractivity contribution in [3.63, 3.8) is 0 Å². The van der Waals surface area contributed by atoms with Crippen LogP contribution in [0.25, 0.3) is 0 Å². The Morgan fingerprint density at radius 3 is 2.61 bits per heavy atom. The van der Waals surface area contributed by atoms with Crippen molar-refractivity contribution in [2.75, 3.05) is 11.1 Å². The normalized spacial score (nSPS) is 20.9. The maximum atomic E-state index is 13.5. The molecule has 1 aromatic carbocycles. The molecule has 2 aromatic rings. The molecule has 0 saturated heterocycles. The number of nitrogens with zero attached hydrogens (tertiary/aromatic N) is 1. The zero-order valence-electron chi connectivity index (χ0n) is 19.6. The Kier molecular flexibility index (Phi) is 7.24. The molecule has 3 saturated carbocycles. The summed E-state index contributed by atoms with van der Waals surface area (Å²) < 4.78 is 26.8. The fourth-order valence-corrected chi connectivity index (χ4v) is 8.37. The minimum Gasteiger partial charge on any atom is -0.481 e. The zero-order chi connectivity index (χ0) is 25.4. The number of hydrogen-bond donors (Lipinski definition) is 2. The number of Topliss-reactive ketones (excluding diaryl/α,β-unsaturated/α-hetero) is 1. The molecule has 8 nitrogen and oxygen atoms in total. The molecule has 0 radical (unpaired) electrons. The van der Waals surface area contributed by atoms with Gasteiger partial charge in [-0.2, -0.15) is 0 Å². The summed E-state index contributed by atoms with van der Waals surface area (Å²) in [6.45, 7) is 0. The zero-order valence-corrected chi connectivity index (χ0v) is 22.1. The van der Waals surface area contributed by atoms with Gasteiger partial charge in [0.25, 0.3) is 0 Å². The Labute approximate surface area is 218 Å². The van der Waals surface area contributed by atoms with E-state index in [4.69, 9.17) is 5.11 Å². The van der Waals surface area contributed by atoms with Crippen molar-refractivity contribution in [1.29, 1.82) is 0 Å². The number of hydrogen-bond acceptors (Lipinski definition) is 8. The Hall–Kier alpha value is -2.24. The van der Waals surface area contributed by atoms with Crippen LogP contribution >= 0.6 is 23.1 Å². The average molecular weight is 549 g/mol. The van der Waals surface area contributed by atoms with Gasteiger partial charge in [-0.15, -0.1) is 11.8 Å². The third-order valence-electron chi connectivity index (χ3n) is 7.01. The van der Waals surface area contributed by atoms with Crippen LogP contribution in [-0.2, 0) is 24.2 Å². The summed E-state index contributed by atoms with van der Waals surface area (Å²) >= 11 is 2.36. The SMILES string of the molecule is O=C(O)CSc1cnc(NC(=O)[C@H](C[C@H]2CCC(=O)C2)c2ccc(S(=O)(=O)C3CC3)c(C3CC3)c2)s1. The fourth-order valence-electron chi connectivity index (χ4n) is 4.84. The number of carboxylic acid groups (broad SMARTS) is 1. The van der Waals surface area contributed by atoms with E-state index in [2.05, 4.69) is 10.3 Å². The van der Waals surface area contributed by atoms with Crippen LogP contribution in [0, 0.1) is 5.92 Å². The van der Waals surface area contributed by atoms with Crippen molar-refractivity contribution in [2.24, 2.45) is 5.92 Å². The van der Waals surface area contributed by atoms with E-state index in [1.165, 1.54) is 11.3 Å². The lowest BCUT2D eigenvalue weighted by Gasteiger charge is -2.21. The molecular weight excluding hydrogens is 520 g/mol. The van der Waals surface area contributed by atoms with Crippen LogP contribution in [-0.4, -0.2) is 47.2 Å². The number of benzene rings is 1. The fraction of sp³-hybridized carbons (Fsp3) is 0.520. The van der Waals surface area contributed by atoms with E-state index in [-0.39, 0.29) is 34.5 Å². The first-order valence-electron chi connectivity index (χ1n) is 12.2. The number of carboxylic acids is 1. The first-order chi connectivity index (χ1) is 17.2. The predicted octanol–water partition coefficient (Wildman–Crippen LogP) is 4.61. The topological polar surface area (TPSA) is 130 Å². The van der Waals surface area contributed by atoms with Crippen LogP contribution in [0.15, 0.2) is 33.5 Å². The number of aliphatic carboxylic acids is 1. The van der Waals surface area contributed by atoms with E-state index >= 15 is 0 Å². The number of aromatic nitrogens is 1. The number of carbonyl (C=O) groups excluding carboxylic acids is 2. The van der Waals surface area contributed by atoms with E-state index in [0.29, 0.717) is 46.3 Å². The summed E-state index contributed by atoms with van der Waals surface area (Å²) in [7, 11) is -3.35. The minimum atomic E-state index is -3.35.